The zero-order valence-electron chi connectivity index (χ0n) is 20.4. The number of aliphatic hydroxyl groups is 1. The van der Waals surface area contributed by atoms with Crippen LogP contribution in [-0.4, -0.2) is 22.0 Å². The Labute approximate surface area is 212 Å². The molecule has 2 aromatic rings. The van der Waals surface area contributed by atoms with Gasteiger partial charge in [0.05, 0.1) is 10.5 Å². The van der Waals surface area contributed by atoms with Gasteiger partial charge in [0.1, 0.15) is 15.7 Å². The van der Waals surface area contributed by atoms with Crippen molar-refractivity contribution in [1.82, 2.24) is 0 Å². The van der Waals surface area contributed by atoms with Gasteiger partial charge >= 0.3 is 12.6 Å². The maximum absolute atomic E-state index is 13.2. The third kappa shape index (κ3) is 7.16. The predicted molar refractivity (Wildman–Crippen MR) is 138 cm³/mol. The molecule has 0 bridgehead atoms. The summed E-state index contributed by atoms with van der Waals surface area (Å²) in [5.41, 5.74) is 1.78. The standard InChI is InChI=1S/C24H31F2N3O4S.H2S/c1-13(2)18-11-17(33-22(25)26)12-19(15-6-7-15)21(18)28-23(30)29-34(27,32)20-9-8-16(10-14(20)3)24(4,5)31;/h8-13,15,22,31H,6-7H2,1-5H3,(H3,27,28,29,30,32);1H2. The van der Waals surface area contributed by atoms with Crippen molar-refractivity contribution in [3.63, 3.8) is 0 Å². The maximum atomic E-state index is 13.2. The van der Waals surface area contributed by atoms with E-state index in [0.29, 0.717) is 27.9 Å². The smallest absolute Gasteiger partial charge is 0.387 e. The topological polar surface area (TPSA) is 114 Å². The first-order valence-corrected chi connectivity index (χ1v) is 12.6. The summed E-state index contributed by atoms with van der Waals surface area (Å²) in [5, 5.41) is 18.9. The van der Waals surface area contributed by atoms with Crippen LogP contribution in [-0.2, 0) is 15.5 Å². The summed E-state index contributed by atoms with van der Waals surface area (Å²) >= 11 is 0. The second-order valence-electron chi connectivity index (χ2n) is 9.41. The zero-order chi connectivity index (χ0) is 25.4. The lowest BCUT2D eigenvalue weighted by molar-refractivity contribution is -0.0499. The van der Waals surface area contributed by atoms with Crippen LogP contribution in [0.4, 0.5) is 19.3 Å². The molecule has 0 aromatic heterocycles. The number of benzene rings is 2. The molecule has 0 radical (unpaired) electrons. The number of carbonyl (C=O) groups is 1. The normalized spacial score (nSPS) is 15.4. The van der Waals surface area contributed by atoms with E-state index in [1.165, 1.54) is 18.2 Å². The highest BCUT2D eigenvalue weighted by molar-refractivity contribution is 7.91. The molecule has 0 aliphatic heterocycles. The highest BCUT2D eigenvalue weighted by Gasteiger charge is 2.30. The minimum atomic E-state index is -3.59. The third-order valence-electron chi connectivity index (χ3n) is 5.68. The van der Waals surface area contributed by atoms with Crippen LogP contribution < -0.4 is 15.2 Å². The number of amides is 2. The molecule has 35 heavy (non-hydrogen) atoms. The van der Waals surface area contributed by atoms with E-state index >= 15 is 0 Å². The first-order valence-electron chi connectivity index (χ1n) is 11.0. The number of urea groups is 1. The van der Waals surface area contributed by atoms with Gasteiger partial charge < -0.3 is 15.2 Å². The molecule has 11 heteroatoms. The lowest BCUT2D eigenvalue weighted by Gasteiger charge is -2.20. The Morgan fingerprint density at radius 1 is 1.26 bits per heavy atom. The number of nitrogens with zero attached hydrogens (tertiary/aromatic N) is 1. The van der Waals surface area contributed by atoms with Crippen molar-refractivity contribution in [2.24, 2.45) is 9.50 Å². The lowest BCUT2D eigenvalue weighted by atomic mass is 9.95. The molecule has 2 aromatic carbocycles. The zero-order valence-corrected chi connectivity index (χ0v) is 22.2. The van der Waals surface area contributed by atoms with Gasteiger partial charge in [0, 0.05) is 5.69 Å². The number of rotatable bonds is 7. The minimum absolute atomic E-state index is 0. The number of halogens is 2. The van der Waals surface area contributed by atoms with E-state index in [9.17, 15) is 22.9 Å². The highest BCUT2D eigenvalue weighted by atomic mass is 32.2. The Morgan fingerprint density at radius 3 is 2.37 bits per heavy atom. The molecule has 1 aliphatic carbocycles. The summed E-state index contributed by atoms with van der Waals surface area (Å²) < 4.78 is 47.2. The second kappa shape index (κ2) is 10.8. The summed E-state index contributed by atoms with van der Waals surface area (Å²) in [6, 6.07) is 6.81. The average Bonchev–Trinajstić information content (AvgIpc) is 3.51. The van der Waals surface area contributed by atoms with Gasteiger partial charge in [-0.05, 0) is 85.9 Å². The molecular weight excluding hydrogens is 496 g/mol. The molecule has 0 spiro atoms. The second-order valence-corrected chi connectivity index (χ2v) is 11.2. The fourth-order valence-corrected chi connectivity index (χ4v) is 4.98. The van der Waals surface area contributed by atoms with E-state index in [-0.39, 0.29) is 36.0 Å². The van der Waals surface area contributed by atoms with Crippen LogP contribution in [0.2, 0.25) is 0 Å². The Morgan fingerprint density at radius 2 is 1.89 bits per heavy atom. The fraction of sp³-hybridized carbons (Fsp3) is 0.458. The van der Waals surface area contributed by atoms with Crippen molar-refractivity contribution >= 4 is 35.1 Å². The van der Waals surface area contributed by atoms with Crippen molar-refractivity contribution in [1.29, 1.82) is 0 Å². The van der Waals surface area contributed by atoms with Crippen molar-refractivity contribution in [3.8, 4) is 5.75 Å². The number of aryl methyl sites for hydroxylation is 1. The van der Waals surface area contributed by atoms with Gasteiger partial charge in [-0.25, -0.2) is 14.1 Å². The van der Waals surface area contributed by atoms with Crippen molar-refractivity contribution in [2.45, 2.75) is 76.4 Å². The Hall–Kier alpha value is -2.21. The van der Waals surface area contributed by atoms with Gasteiger partial charge in [-0.1, -0.05) is 26.0 Å². The van der Waals surface area contributed by atoms with E-state index in [0.717, 1.165) is 12.8 Å². The number of hydrogen-bond acceptors (Lipinski definition) is 4. The average molecular weight is 530 g/mol. The van der Waals surface area contributed by atoms with E-state index in [1.807, 2.05) is 13.8 Å². The molecule has 0 saturated heterocycles. The van der Waals surface area contributed by atoms with Crippen LogP contribution in [0.25, 0.3) is 0 Å². The van der Waals surface area contributed by atoms with Crippen molar-refractivity contribution in [2.75, 3.05) is 5.32 Å². The summed E-state index contributed by atoms with van der Waals surface area (Å²) in [4.78, 5) is 13.0. The van der Waals surface area contributed by atoms with Crippen molar-refractivity contribution < 1.29 is 27.6 Å². The van der Waals surface area contributed by atoms with E-state index < -0.39 is 28.2 Å². The summed E-state index contributed by atoms with van der Waals surface area (Å²) in [6.07, 6.45) is 1.71. The molecule has 1 aliphatic rings. The Kier molecular flexibility index (Phi) is 8.97. The molecule has 3 rings (SSSR count). The van der Waals surface area contributed by atoms with Crippen LogP contribution in [0.5, 0.6) is 5.75 Å². The van der Waals surface area contributed by atoms with Gasteiger partial charge in [0.15, 0.2) is 0 Å². The molecule has 1 unspecified atom stereocenters. The number of anilines is 1. The van der Waals surface area contributed by atoms with Crippen LogP contribution in [0, 0.1) is 6.92 Å². The van der Waals surface area contributed by atoms with E-state index in [1.54, 1.807) is 32.9 Å². The van der Waals surface area contributed by atoms with Crippen LogP contribution >= 0.6 is 13.5 Å². The SMILES string of the molecule is Cc1cc(C(C)(C)O)ccc1S(N)(=O)=NC(=O)Nc1c(C(C)C)cc(OC(F)F)cc1C1CC1.S. The molecular formula is C24H33F2N3O4S2. The minimum Gasteiger partial charge on any atom is -0.435 e. The molecule has 194 valence electrons. The maximum Gasteiger partial charge on any atom is 0.387 e. The van der Waals surface area contributed by atoms with Gasteiger partial charge in [-0.15, -0.1) is 4.36 Å². The van der Waals surface area contributed by atoms with E-state index in [2.05, 4.69) is 14.4 Å². The number of nitrogens with two attached hydrogens (primary N) is 1. The van der Waals surface area contributed by atoms with Gasteiger partial charge in [-0.2, -0.15) is 22.3 Å². The number of hydrogen-bond donors (Lipinski definition) is 3. The fourth-order valence-electron chi connectivity index (χ4n) is 3.81. The lowest BCUT2D eigenvalue weighted by Crippen LogP contribution is -2.21. The van der Waals surface area contributed by atoms with Gasteiger partial charge in [0.2, 0.25) is 0 Å². The molecule has 4 N–H and O–H groups in total. The Bertz CT molecular complexity index is 1190. The van der Waals surface area contributed by atoms with Crippen LogP contribution in [0.15, 0.2) is 39.6 Å². The number of alkyl halides is 2. The summed E-state index contributed by atoms with van der Waals surface area (Å²) in [6.45, 7) is 5.69. The Balaban J connectivity index is 0.00000432. The summed E-state index contributed by atoms with van der Waals surface area (Å²) in [7, 11) is -3.59. The predicted octanol–water partition coefficient (Wildman–Crippen LogP) is 5.87. The van der Waals surface area contributed by atoms with Crippen molar-refractivity contribution in [3.05, 3.63) is 52.6 Å². The number of ether oxygens (including phenoxy) is 1. The molecule has 1 saturated carbocycles. The molecule has 0 heterocycles. The highest BCUT2D eigenvalue weighted by Crippen LogP contribution is 2.47. The van der Waals surface area contributed by atoms with Crippen LogP contribution in [0.3, 0.4) is 0 Å². The quantitative estimate of drug-likeness (QED) is 0.416. The third-order valence-corrected chi connectivity index (χ3v) is 7.21. The van der Waals surface area contributed by atoms with Gasteiger partial charge in [-0.3, -0.25) is 0 Å². The molecule has 7 nitrogen and oxygen atoms in total. The monoisotopic (exact) mass is 529 g/mol. The molecule has 1 fully saturated rings. The first-order chi connectivity index (χ1) is 15.7. The summed E-state index contributed by atoms with van der Waals surface area (Å²) in [5.74, 6) is 0.0152. The van der Waals surface area contributed by atoms with E-state index in [4.69, 9.17) is 5.14 Å². The number of nitrogens with one attached hydrogen (secondary N) is 1. The molecule has 2 amide bonds. The van der Waals surface area contributed by atoms with Gasteiger partial charge in [0.25, 0.3) is 0 Å². The van der Waals surface area contributed by atoms with Crippen LogP contribution in [0.1, 0.15) is 74.6 Å². The molecule has 1 atom stereocenters. The first kappa shape index (κ1) is 29.0. The number of carbonyl (C=O) groups excluding carboxylic acids is 1. The largest absolute Gasteiger partial charge is 0.435 e.